The Hall–Kier alpha value is -0.830. The third kappa shape index (κ3) is 3.78. The molecule has 5 saturated carbocycles. The average Bonchev–Trinajstić information content (AvgIpc) is 3.20. The highest BCUT2D eigenvalue weighted by Crippen LogP contribution is 2.77. The van der Waals surface area contributed by atoms with Crippen molar-refractivity contribution in [3.63, 3.8) is 0 Å². The molecule has 0 bridgehead atoms. The Kier molecular flexibility index (Phi) is 6.82. The molecule has 0 heterocycles. The maximum absolute atomic E-state index is 11.9. The van der Waals surface area contributed by atoms with E-state index in [9.17, 15) is 4.79 Å². The van der Waals surface area contributed by atoms with Crippen LogP contribution >= 0.6 is 0 Å². The van der Waals surface area contributed by atoms with Crippen molar-refractivity contribution in [2.75, 3.05) is 13.2 Å². The summed E-state index contributed by atoms with van der Waals surface area (Å²) >= 11 is 0. The first-order chi connectivity index (χ1) is 17.3. The van der Waals surface area contributed by atoms with Gasteiger partial charge in [-0.05, 0) is 129 Å². The van der Waals surface area contributed by atoms with Gasteiger partial charge in [0.1, 0.15) is 0 Å². The van der Waals surface area contributed by atoms with Crippen LogP contribution in [0, 0.1) is 56.7 Å². The first-order valence-electron chi connectivity index (χ1n) is 15.7. The molecule has 0 unspecified atom stereocenters. The molecular weight excluding hydrogens is 456 g/mol. The van der Waals surface area contributed by atoms with Crippen LogP contribution in [0.15, 0.2) is 12.2 Å². The monoisotopic (exact) mass is 512 g/mol. The second kappa shape index (κ2) is 9.10. The number of esters is 1. The summed E-state index contributed by atoms with van der Waals surface area (Å²) in [6.45, 7) is 25.1. The standard InChI is InChI=1S/C34H56O3/c1-10-36-28-15-16-31(7)26(30(28,5)6)14-17-33(9)27(31)12-11-25-29-24(22(2)3)13-18-34(29,21-37-23(4)35)20-19-32(25,33)8/h24-29H,2,10-21H2,1,3-9H3/t24-,25+,26-,27+,28-,29+,31-,32+,33+,34+/m0/s1. The molecule has 210 valence electrons. The van der Waals surface area contributed by atoms with Crippen molar-refractivity contribution in [2.45, 2.75) is 126 Å². The summed E-state index contributed by atoms with van der Waals surface area (Å²) in [4.78, 5) is 11.9. The number of carbonyl (C=O) groups is 1. The van der Waals surface area contributed by atoms with E-state index in [2.05, 4.69) is 55.0 Å². The summed E-state index contributed by atoms with van der Waals surface area (Å²) in [5.41, 5.74) is 2.86. The summed E-state index contributed by atoms with van der Waals surface area (Å²) in [5, 5.41) is 0. The molecule has 5 aliphatic rings. The van der Waals surface area contributed by atoms with Gasteiger partial charge in [0.2, 0.25) is 0 Å². The van der Waals surface area contributed by atoms with Crippen LogP contribution in [-0.4, -0.2) is 25.3 Å². The van der Waals surface area contributed by atoms with Gasteiger partial charge in [0.15, 0.2) is 0 Å². The fourth-order valence-corrected chi connectivity index (χ4v) is 12.3. The van der Waals surface area contributed by atoms with E-state index in [-0.39, 0.29) is 16.8 Å². The SMILES string of the molecule is C=C(C)[C@@H]1CC[C@]2(COC(C)=O)CC[C@]3(C)[C@H](CC[C@@H]4[C@@]5(C)CC[C@H](OCC)C(C)(C)[C@@H]5CC[C@]43C)[C@@H]12. The maximum atomic E-state index is 11.9. The Labute approximate surface area is 227 Å². The number of rotatable bonds is 5. The third-order valence-corrected chi connectivity index (χ3v) is 14.1. The van der Waals surface area contributed by atoms with Gasteiger partial charge in [-0.15, -0.1) is 0 Å². The summed E-state index contributed by atoms with van der Waals surface area (Å²) in [6, 6.07) is 0. The zero-order valence-corrected chi connectivity index (χ0v) is 25.4. The van der Waals surface area contributed by atoms with Crippen molar-refractivity contribution in [3.8, 4) is 0 Å². The van der Waals surface area contributed by atoms with E-state index < -0.39 is 0 Å². The van der Waals surface area contributed by atoms with Gasteiger partial charge in [0, 0.05) is 18.9 Å². The molecule has 0 aromatic heterocycles. The fourth-order valence-electron chi connectivity index (χ4n) is 12.3. The zero-order valence-electron chi connectivity index (χ0n) is 25.4. The Morgan fingerprint density at radius 2 is 1.57 bits per heavy atom. The number of hydrogen-bond acceptors (Lipinski definition) is 3. The van der Waals surface area contributed by atoms with Crippen molar-refractivity contribution in [2.24, 2.45) is 56.7 Å². The van der Waals surface area contributed by atoms with Gasteiger partial charge in [-0.2, -0.15) is 0 Å². The van der Waals surface area contributed by atoms with E-state index in [1.807, 2.05) is 0 Å². The van der Waals surface area contributed by atoms with Crippen LogP contribution in [0.2, 0.25) is 0 Å². The fraction of sp³-hybridized carbons (Fsp3) is 0.912. The van der Waals surface area contributed by atoms with E-state index in [4.69, 9.17) is 9.47 Å². The first-order valence-corrected chi connectivity index (χ1v) is 15.7. The number of carbonyl (C=O) groups excluding carboxylic acids is 1. The molecule has 37 heavy (non-hydrogen) atoms. The van der Waals surface area contributed by atoms with E-state index in [1.165, 1.54) is 69.8 Å². The van der Waals surface area contributed by atoms with Crippen LogP contribution in [-0.2, 0) is 14.3 Å². The average molecular weight is 513 g/mol. The van der Waals surface area contributed by atoms with E-state index in [1.54, 1.807) is 6.92 Å². The summed E-state index contributed by atoms with van der Waals surface area (Å²) in [5.74, 6) is 3.30. The molecular formula is C34H56O3. The second-order valence-electron chi connectivity index (χ2n) is 15.6. The lowest BCUT2D eigenvalue weighted by atomic mass is 9.32. The van der Waals surface area contributed by atoms with Crippen LogP contribution < -0.4 is 0 Å². The topological polar surface area (TPSA) is 35.5 Å². The Balaban J connectivity index is 1.50. The Morgan fingerprint density at radius 3 is 2.22 bits per heavy atom. The van der Waals surface area contributed by atoms with Crippen molar-refractivity contribution in [3.05, 3.63) is 12.2 Å². The number of fused-ring (bicyclic) bond motifs is 7. The number of ether oxygens (including phenoxy) is 2. The van der Waals surface area contributed by atoms with E-state index in [0.29, 0.717) is 46.7 Å². The van der Waals surface area contributed by atoms with Gasteiger partial charge in [-0.3, -0.25) is 4.79 Å². The van der Waals surface area contributed by atoms with Gasteiger partial charge in [-0.1, -0.05) is 46.8 Å². The largest absolute Gasteiger partial charge is 0.465 e. The van der Waals surface area contributed by atoms with Crippen LogP contribution in [0.3, 0.4) is 0 Å². The van der Waals surface area contributed by atoms with Gasteiger partial charge in [0.05, 0.1) is 12.7 Å². The highest BCUT2D eigenvalue weighted by atomic mass is 16.5. The lowest BCUT2D eigenvalue weighted by molar-refractivity contribution is -0.253. The minimum absolute atomic E-state index is 0.118. The first kappa shape index (κ1) is 27.7. The smallest absolute Gasteiger partial charge is 0.302 e. The van der Waals surface area contributed by atoms with Crippen molar-refractivity contribution >= 4 is 5.97 Å². The van der Waals surface area contributed by atoms with Gasteiger partial charge in [-0.25, -0.2) is 0 Å². The molecule has 3 heteroatoms. The molecule has 0 saturated heterocycles. The van der Waals surface area contributed by atoms with Crippen LogP contribution in [0.4, 0.5) is 0 Å². The minimum Gasteiger partial charge on any atom is -0.465 e. The third-order valence-electron chi connectivity index (χ3n) is 14.1. The lowest BCUT2D eigenvalue weighted by Gasteiger charge is -2.73. The van der Waals surface area contributed by atoms with Crippen molar-refractivity contribution < 1.29 is 14.3 Å². The Bertz CT molecular complexity index is 922. The molecule has 0 radical (unpaired) electrons. The van der Waals surface area contributed by atoms with E-state index >= 15 is 0 Å². The van der Waals surface area contributed by atoms with E-state index in [0.717, 1.165) is 18.4 Å². The maximum Gasteiger partial charge on any atom is 0.302 e. The van der Waals surface area contributed by atoms with Gasteiger partial charge >= 0.3 is 5.97 Å². The van der Waals surface area contributed by atoms with Crippen LogP contribution in [0.5, 0.6) is 0 Å². The van der Waals surface area contributed by atoms with Crippen LogP contribution in [0.1, 0.15) is 120 Å². The zero-order chi connectivity index (χ0) is 27.0. The molecule has 5 fully saturated rings. The van der Waals surface area contributed by atoms with Crippen molar-refractivity contribution in [1.29, 1.82) is 0 Å². The summed E-state index contributed by atoms with van der Waals surface area (Å²) in [6.07, 6.45) is 13.3. The summed E-state index contributed by atoms with van der Waals surface area (Å²) < 4.78 is 12.2. The summed E-state index contributed by atoms with van der Waals surface area (Å²) in [7, 11) is 0. The highest BCUT2D eigenvalue weighted by molar-refractivity contribution is 5.65. The van der Waals surface area contributed by atoms with Gasteiger partial charge < -0.3 is 9.47 Å². The van der Waals surface area contributed by atoms with Crippen LogP contribution in [0.25, 0.3) is 0 Å². The predicted molar refractivity (Wildman–Crippen MR) is 151 cm³/mol. The quantitative estimate of drug-likeness (QED) is 0.273. The second-order valence-corrected chi connectivity index (χ2v) is 15.6. The Morgan fingerprint density at radius 1 is 0.838 bits per heavy atom. The predicted octanol–water partition coefficient (Wildman–Crippen LogP) is 8.61. The molecule has 5 aliphatic carbocycles. The molecule has 10 atom stereocenters. The lowest BCUT2D eigenvalue weighted by Crippen LogP contribution is -2.67. The van der Waals surface area contributed by atoms with Gasteiger partial charge in [0.25, 0.3) is 0 Å². The van der Waals surface area contributed by atoms with Crippen molar-refractivity contribution in [1.82, 2.24) is 0 Å². The highest BCUT2D eigenvalue weighted by Gasteiger charge is 2.71. The molecule has 0 aromatic carbocycles. The molecule has 3 nitrogen and oxygen atoms in total. The molecule has 0 aromatic rings. The molecule has 0 amide bonds. The molecule has 5 rings (SSSR count). The minimum atomic E-state index is -0.118. The molecule has 0 spiro atoms. The normalized spacial score (nSPS) is 50.3. The molecule has 0 N–H and O–H groups in total. The number of hydrogen-bond donors (Lipinski definition) is 0. The number of allylic oxidation sites excluding steroid dienone is 1. The molecule has 0 aliphatic heterocycles.